The Morgan fingerprint density at radius 3 is 2.56 bits per heavy atom. The molecule has 4 N–H and O–H groups in total. The number of morpholine rings is 1. The van der Waals surface area contributed by atoms with Crippen molar-refractivity contribution in [2.75, 3.05) is 37.7 Å². The van der Waals surface area contributed by atoms with Gasteiger partial charge in [-0.2, -0.15) is 0 Å². The third-order valence-corrected chi connectivity index (χ3v) is 4.66. The van der Waals surface area contributed by atoms with Crippen LogP contribution < -0.4 is 15.4 Å². The van der Waals surface area contributed by atoms with Crippen molar-refractivity contribution in [2.24, 2.45) is 5.14 Å². The quantitative estimate of drug-likeness (QED) is 0.562. The summed E-state index contributed by atoms with van der Waals surface area (Å²) in [7, 11) is -3.94. The molecule has 1 aliphatic rings. The lowest BCUT2D eigenvalue weighted by molar-refractivity contribution is -0.137. The maximum atomic E-state index is 12.5. The Hall–Kier alpha value is -2.17. The Kier molecular flexibility index (Phi) is 6.34. The van der Waals surface area contributed by atoms with Crippen molar-refractivity contribution < 1.29 is 27.9 Å². The van der Waals surface area contributed by atoms with Gasteiger partial charge in [0.05, 0.1) is 23.7 Å². The molecule has 138 valence electrons. The standard InChI is InChI=1S/C15H21N3O6S/c16-25(22,23)11-3-4-13(18-6-8-24-9-7-18)12(10-11)15(21)17-5-1-2-14(19)20/h3-4,10H,1-2,5-9H2,(H,17,21)(H,19,20)(H2,16,22,23). The number of nitrogens with zero attached hydrogens (tertiary/aromatic N) is 1. The van der Waals surface area contributed by atoms with Gasteiger partial charge in [-0.3, -0.25) is 9.59 Å². The van der Waals surface area contributed by atoms with Gasteiger partial charge in [-0.25, -0.2) is 13.6 Å². The fourth-order valence-electron chi connectivity index (χ4n) is 2.49. The molecule has 0 spiro atoms. The summed E-state index contributed by atoms with van der Waals surface area (Å²) in [5.74, 6) is -1.42. The van der Waals surface area contributed by atoms with Gasteiger partial charge >= 0.3 is 5.97 Å². The summed E-state index contributed by atoms with van der Waals surface area (Å²) in [4.78, 5) is 24.8. The highest BCUT2D eigenvalue weighted by Crippen LogP contribution is 2.24. The van der Waals surface area contributed by atoms with Crippen molar-refractivity contribution in [3.8, 4) is 0 Å². The van der Waals surface area contributed by atoms with Crippen LogP contribution in [0.4, 0.5) is 5.69 Å². The van der Waals surface area contributed by atoms with E-state index >= 15 is 0 Å². The Bertz CT molecular complexity index is 744. The Morgan fingerprint density at radius 2 is 1.96 bits per heavy atom. The highest BCUT2D eigenvalue weighted by Gasteiger charge is 2.21. The highest BCUT2D eigenvalue weighted by atomic mass is 32.2. The van der Waals surface area contributed by atoms with E-state index in [0.29, 0.717) is 32.0 Å². The summed E-state index contributed by atoms with van der Waals surface area (Å²) in [6.45, 7) is 2.35. The first-order valence-electron chi connectivity index (χ1n) is 7.78. The average Bonchev–Trinajstić information content (AvgIpc) is 2.58. The van der Waals surface area contributed by atoms with Crippen molar-refractivity contribution >= 4 is 27.6 Å². The van der Waals surface area contributed by atoms with Crippen LogP contribution in [0.1, 0.15) is 23.2 Å². The number of ether oxygens (including phenoxy) is 1. The number of carbonyl (C=O) groups excluding carboxylic acids is 1. The number of carboxylic acid groups (broad SMARTS) is 1. The van der Waals surface area contributed by atoms with E-state index in [2.05, 4.69) is 5.32 Å². The number of aliphatic carboxylic acids is 1. The third kappa shape index (κ3) is 5.41. The van der Waals surface area contributed by atoms with E-state index in [1.807, 2.05) is 4.90 Å². The first-order chi connectivity index (χ1) is 11.8. The molecule has 1 amide bonds. The van der Waals surface area contributed by atoms with Crippen molar-refractivity contribution in [3.63, 3.8) is 0 Å². The molecule has 0 aliphatic carbocycles. The minimum atomic E-state index is -3.94. The number of carboxylic acids is 1. The van der Waals surface area contributed by atoms with E-state index in [9.17, 15) is 18.0 Å². The molecule has 1 fully saturated rings. The Balaban J connectivity index is 2.24. The van der Waals surface area contributed by atoms with Crippen LogP contribution in [0.25, 0.3) is 0 Å². The number of anilines is 1. The van der Waals surface area contributed by atoms with E-state index in [4.69, 9.17) is 15.0 Å². The molecule has 0 atom stereocenters. The molecule has 1 saturated heterocycles. The van der Waals surface area contributed by atoms with E-state index in [1.165, 1.54) is 12.1 Å². The van der Waals surface area contributed by atoms with Crippen molar-refractivity contribution in [2.45, 2.75) is 17.7 Å². The second kappa shape index (κ2) is 8.28. The molecule has 0 aromatic heterocycles. The molecule has 25 heavy (non-hydrogen) atoms. The van der Waals surface area contributed by atoms with E-state index in [1.54, 1.807) is 6.07 Å². The molecule has 1 aromatic rings. The summed E-state index contributed by atoms with van der Waals surface area (Å²) < 4.78 is 28.4. The molecule has 2 rings (SSSR count). The monoisotopic (exact) mass is 371 g/mol. The number of carbonyl (C=O) groups is 2. The van der Waals surface area contributed by atoms with E-state index in [-0.39, 0.29) is 29.8 Å². The van der Waals surface area contributed by atoms with Crippen molar-refractivity contribution in [3.05, 3.63) is 23.8 Å². The number of rotatable bonds is 7. The lowest BCUT2D eigenvalue weighted by Gasteiger charge is -2.30. The normalized spacial score (nSPS) is 15.0. The average molecular weight is 371 g/mol. The fourth-order valence-corrected chi connectivity index (χ4v) is 3.03. The van der Waals surface area contributed by atoms with Gasteiger partial charge in [0.15, 0.2) is 0 Å². The topological polar surface area (TPSA) is 139 Å². The second-order valence-electron chi connectivity index (χ2n) is 5.58. The summed E-state index contributed by atoms with van der Waals surface area (Å²) in [5.41, 5.74) is 0.773. The molecule has 10 heteroatoms. The van der Waals surface area contributed by atoms with Gasteiger partial charge in [-0.05, 0) is 24.6 Å². The van der Waals surface area contributed by atoms with Gasteiger partial charge in [0.25, 0.3) is 5.91 Å². The van der Waals surface area contributed by atoms with E-state index in [0.717, 1.165) is 0 Å². The van der Waals surface area contributed by atoms with Crippen LogP contribution in [0.15, 0.2) is 23.1 Å². The predicted octanol–water partition coefficient (Wildman–Crippen LogP) is -0.235. The minimum Gasteiger partial charge on any atom is -0.481 e. The van der Waals surface area contributed by atoms with Gasteiger partial charge in [-0.1, -0.05) is 0 Å². The highest BCUT2D eigenvalue weighted by molar-refractivity contribution is 7.89. The summed E-state index contributed by atoms with van der Waals surface area (Å²) in [6.07, 6.45) is 0.219. The van der Waals surface area contributed by atoms with Gasteiger partial charge in [0.2, 0.25) is 10.0 Å². The van der Waals surface area contributed by atoms with Gasteiger partial charge < -0.3 is 20.1 Å². The Morgan fingerprint density at radius 1 is 1.28 bits per heavy atom. The number of hydrogen-bond donors (Lipinski definition) is 3. The molecule has 1 aliphatic heterocycles. The zero-order valence-corrected chi connectivity index (χ0v) is 14.4. The smallest absolute Gasteiger partial charge is 0.303 e. The fraction of sp³-hybridized carbons (Fsp3) is 0.467. The number of sulfonamides is 1. The molecule has 9 nitrogen and oxygen atoms in total. The molecular formula is C15H21N3O6S. The number of hydrogen-bond acceptors (Lipinski definition) is 6. The van der Waals surface area contributed by atoms with Gasteiger partial charge in [0.1, 0.15) is 0 Å². The second-order valence-corrected chi connectivity index (χ2v) is 7.14. The largest absolute Gasteiger partial charge is 0.481 e. The zero-order valence-electron chi connectivity index (χ0n) is 13.6. The number of primary sulfonamides is 1. The van der Waals surface area contributed by atoms with Crippen LogP contribution in [0.5, 0.6) is 0 Å². The number of benzene rings is 1. The molecule has 0 saturated carbocycles. The van der Waals surface area contributed by atoms with Gasteiger partial charge in [-0.15, -0.1) is 0 Å². The first kappa shape index (κ1) is 19.2. The molecule has 0 bridgehead atoms. The predicted molar refractivity (Wildman–Crippen MR) is 90.1 cm³/mol. The zero-order chi connectivity index (χ0) is 18.4. The summed E-state index contributed by atoms with van der Waals surface area (Å²) in [6, 6.07) is 4.16. The third-order valence-electron chi connectivity index (χ3n) is 3.75. The molecule has 1 heterocycles. The summed E-state index contributed by atoms with van der Waals surface area (Å²) >= 11 is 0. The van der Waals surface area contributed by atoms with Crippen molar-refractivity contribution in [1.82, 2.24) is 5.32 Å². The van der Waals surface area contributed by atoms with Crippen LogP contribution in [-0.4, -0.2) is 58.2 Å². The van der Waals surface area contributed by atoms with E-state index < -0.39 is 21.9 Å². The molecular weight excluding hydrogens is 350 g/mol. The number of nitrogens with one attached hydrogen (secondary N) is 1. The Labute approximate surface area is 145 Å². The number of nitrogens with two attached hydrogens (primary N) is 1. The SMILES string of the molecule is NS(=O)(=O)c1ccc(N2CCOCC2)c(C(=O)NCCCC(=O)O)c1. The summed E-state index contributed by atoms with van der Waals surface area (Å²) in [5, 5.41) is 16.4. The maximum Gasteiger partial charge on any atom is 0.303 e. The van der Waals surface area contributed by atoms with Crippen LogP contribution in [0.2, 0.25) is 0 Å². The molecule has 0 unspecified atom stereocenters. The molecule has 1 aromatic carbocycles. The lowest BCUT2D eigenvalue weighted by atomic mass is 10.1. The lowest BCUT2D eigenvalue weighted by Crippen LogP contribution is -2.38. The van der Waals surface area contributed by atoms with Crippen LogP contribution in [0.3, 0.4) is 0 Å². The van der Waals surface area contributed by atoms with Gasteiger partial charge in [0, 0.05) is 31.7 Å². The van der Waals surface area contributed by atoms with Crippen LogP contribution in [0, 0.1) is 0 Å². The number of amides is 1. The maximum absolute atomic E-state index is 12.5. The van der Waals surface area contributed by atoms with Crippen LogP contribution in [-0.2, 0) is 19.6 Å². The molecule has 0 radical (unpaired) electrons. The van der Waals surface area contributed by atoms with Crippen LogP contribution >= 0.6 is 0 Å². The first-order valence-corrected chi connectivity index (χ1v) is 9.33. The van der Waals surface area contributed by atoms with Crippen molar-refractivity contribution in [1.29, 1.82) is 0 Å². The minimum absolute atomic E-state index is 0.0617.